The number of aliphatic hydroxyl groups is 2. The van der Waals surface area contributed by atoms with Crippen LogP contribution in [0, 0.1) is 19.7 Å². The average Bonchev–Trinajstić information content (AvgIpc) is 3.12. The van der Waals surface area contributed by atoms with E-state index in [2.05, 4.69) is 15.8 Å². The molecule has 0 saturated carbocycles. The van der Waals surface area contributed by atoms with E-state index in [0.29, 0.717) is 41.3 Å². The third-order valence-corrected chi connectivity index (χ3v) is 6.85. The first kappa shape index (κ1) is 29.1. The Labute approximate surface area is 225 Å². The van der Waals surface area contributed by atoms with Gasteiger partial charge >= 0.3 is 0 Å². The number of carbonyl (C=O) groups excluding carboxylic acids is 2. The zero-order valence-corrected chi connectivity index (χ0v) is 22.7. The summed E-state index contributed by atoms with van der Waals surface area (Å²) in [5, 5.41) is 26.8. The maximum atomic E-state index is 13.1. The molecule has 4 N–H and O–H groups in total. The Morgan fingerprint density at radius 1 is 1.05 bits per heavy atom. The van der Waals surface area contributed by atoms with Gasteiger partial charge in [0, 0.05) is 30.1 Å². The van der Waals surface area contributed by atoms with Gasteiger partial charge in [0.25, 0.3) is 11.8 Å². The monoisotopic (exact) mass is 540 g/mol. The second-order valence-electron chi connectivity index (χ2n) is 9.28. The molecule has 2 atom stereocenters. The molecule has 202 valence electrons. The summed E-state index contributed by atoms with van der Waals surface area (Å²) in [5.41, 5.74) is 5.43. The van der Waals surface area contributed by atoms with E-state index in [-0.39, 0.29) is 11.7 Å². The van der Waals surface area contributed by atoms with E-state index in [4.69, 9.17) is 0 Å². The van der Waals surface area contributed by atoms with Gasteiger partial charge in [-0.3, -0.25) is 14.5 Å². The highest BCUT2D eigenvalue weighted by Gasteiger charge is 2.22. The van der Waals surface area contributed by atoms with Crippen LogP contribution < -0.4 is 10.7 Å². The summed E-state index contributed by atoms with van der Waals surface area (Å²) in [6.07, 6.45) is 0.291. The summed E-state index contributed by atoms with van der Waals surface area (Å²) in [7, 11) is 0. The molecule has 38 heavy (non-hydrogen) atoms. The number of thiophene rings is 1. The molecule has 0 aliphatic rings. The fourth-order valence-corrected chi connectivity index (χ4v) is 5.01. The lowest BCUT2D eigenvalue weighted by Crippen LogP contribution is -2.35. The van der Waals surface area contributed by atoms with Crippen LogP contribution in [0.1, 0.15) is 56.1 Å². The number of aliphatic hydroxyl groups excluding tert-OH is 2. The first-order valence-corrected chi connectivity index (χ1v) is 13.0. The fourth-order valence-electron chi connectivity index (χ4n) is 3.95. The predicted molar refractivity (Wildman–Crippen MR) is 148 cm³/mol. The van der Waals surface area contributed by atoms with Gasteiger partial charge in [-0.05, 0) is 68.7 Å². The number of nitrogens with zero attached hydrogens (tertiary/aromatic N) is 2. The molecule has 3 rings (SSSR count). The Balaban J connectivity index is 1.73. The highest BCUT2D eigenvalue weighted by molar-refractivity contribution is 7.16. The average molecular weight is 541 g/mol. The van der Waals surface area contributed by atoms with Gasteiger partial charge in [-0.15, -0.1) is 11.3 Å². The highest BCUT2D eigenvalue weighted by atomic mass is 32.1. The molecule has 0 bridgehead atoms. The van der Waals surface area contributed by atoms with E-state index < -0.39 is 18.1 Å². The number of rotatable bonds is 11. The van der Waals surface area contributed by atoms with Crippen molar-refractivity contribution in [2.24, 2.45) is 5.10 Å². The molecule has 1 heterocycles. The smallest absolute Gasteiger partial charge is 0.274 e. The summed E-state index contributed by atoms with van der Waals surface area (Å²) in [6, 6.07) is 12.8. The first-order chi connectivity index (χ1) is 18.0. The van der Waals surface area contributed by atoms with E-state index >= 15 is 0 Å². The number of aryl methyl sites for hydroxylation is 1. The minimum Gasteiger partial charge on any atom is -0.392 e. The quantitative estimate of drug-likeness (QED) is 0.216. The third-order valence-electron chi connectivity index (χ3n) is 5.73. The van der Waals surface area contributed by atoms with E-state index in [1.54, 1.807) is 51.1 Å². The van der Waals surface area contributed by atoms with Crippen molar-refractivity contribution < 1.29 is 24.2 Å². The number of nitrogens with one attached hydrogen (secondary N) is 2. The number of hydrazone groups is 1. The van der Waals surface area contributed by atoms with Crippen molar-refractivity contribution in [3.8, 4) is 0 Å². The number of carbonyl (C=O) groups is 2. The molecule has 2 amide bonds. The van der Waals surface area contributed by atoms with Gasteiger partial charge < -0.3 is 15.5 Å². The molecule has 3 aromatic rings. The van der Waals surface area contributed by atoms with Crippen LogP contribution in [0.25, 0.3) is 0 Å². The summed E-state index contributed by atoms with van der Waals surface area (Å²) >= 11 is 1.30. The van der Waals surface area contributed by atoms with Crippen molar-refractivity contribution in [2.75, 3.05) is 18.4 Å². The number of hydrogen-bond acceptors (Lipinski definition) is 7. The SMILES string of the molecule is Cc1sc(NC(=O)c2cccc(CN(CC(C)O)CC(C)O)c2)c(C(=O)N/N=C/c2ccc(F)cc2)c1C. The van der Waals surface area contributed by atoms with Crippen molar-refractivity contribution in [3.05, 3.63) is 87.0 Å². The Bertz CT molecular complexity index is 1280. The van der Waals surface area contributed by atoms with Gasteiger partial charge in [0.2, 0.25) is 0 Å². The zero-order chi connectivity index (χ0) is 27.8. The molecule has 0 saturated heterocycles. The van der Waals surface area contributed by atoms with Gasteiger partial charge in [0.1, 0.15) is 10.8 Å². The number of anilines is 1. The molecular weight excluding hydrogens is 507 g/mol. The molecule has 10 heteroatoms. The van der Waals surface area contributed by atoms with Crippen LogP contribution in [0.4, 0.5) is 9.39 Å². The molecular formula is C28H33FN4O4S. The second kappa shape index (κ2) is 13.4. The largest absolute Gasteiger partial charge is 0.392 e. The second-order valence-corrected chi connectivity index (χ2v) is 10.5. The number of benzene rings is 2. The van der Waals surface area contributed by atoms with Gasteiger partial charge in [-0.1, -0.05) is 24.3 Å². The molecule has 0 aliphatic carbocycles. The lowest BCUT2D eigenvalue weighted by molar-refractivity contribution is 0.0793. The molecule has 0 spiro atoms. The molecule has 2 aromatic carbocycles. The van der Waals surface area contributed by atoms with Crippen molar-refractivity contribution >= 4 is 34.4 Å². The van der Waals surface area contributed by atoms with Crippen LogP contribution in [0.3, 0.4) is 0 Å². The summed E-state index contributed by atoms with van der Waals surface area (Å²) in [6.45, 7) is 8.27. The van der Waals surface area contributed by atoms with Crippen LogP contribution in [-0.4, -0.2) is 58.4 Å². The van der Waals surface area contributed by atoms with E-state index in [0.717, 1.165) is 16.0 Å². The van der Waals surface area contributed by atoms with Crippen LogP contribution >= 0.6 is 11.3 Å². The third kappa shape index (κ3) is 8.29. The van der Waals surface area contributed by atoms with Crippen molar-refractivity contribution in [1.82, 2.24) is 10.3 Å². The number of amides is 2. The van der Waals surface area contributed by atoms with Gasteiger partial charge in [-0.2, -0.15) is 5.10 Å². The normalized spacial score (nSPS) is 13.1. The first-order valence-electron chi connectivity index (χ1n) is 12.2. The van der Waals surface area contributed by atoms with E-state index in [1.807, 2.05) is 17.9 Å². The number of hydrogen-bond donors (Lipinski definition) is 4. The van der Waals surface area contributed by atoms with Crippen LogP contribution in [0.15, 0.2) is 53.6 Å². The maximum Gasteiger partial charge on any atom is 0.274 e. The summed E-state index contributed by atoms with van der Waals surface area (Å²) < 4.78 is 13.1. The Morgan fingerprint density at radius 2 is 1.71 bits per heavy atom. The van der Waals surface area contributed by atoms with Crippen molar-refractivity contribution in [1.29, 1.82) is 0 Å². The zero-order valence-electron chi connectivity index (χ0n) is 21.9. The molecule has 2 unspecified atom stereocenters. The van der Waals surface area contributed by atoms with Gasteiger partial charge in [-0.25, -0.2) is 9.82 Å². The molecule has 0 fully saturated rings. The highest BCUT2D eigenvalue weighted by Crippen LogP contribution is 2.32. The topological polar surface area (TPSA) is 114 Å². The van der Waals surface area contributed by atoms with Crippen molar-refractivity contribution in [2.45, 2.75) is 46.4 Å². The molecule has 8 nitrogen and oxygen atoms in total. The number of halogens is 1. The minimum absolute atomic E-state index is 0.327. The summed E-state index contributed by atoms with van der Waals surface area (Å²) in [4.78, 5) is 28.9. The van der Waals surface area contributed by atoms with Crippen molar-refractivity contribution in [3.63, 3.8) is 0 Å². The van der Waals surface area contributed by atoms with Gasteiger partial charge in [0.15, 0.2) is 0 Å². The van der Waals surface area contributed by atoms with Crippen LogP contribution in [-0.2, 0) is 6.54 Å². The Morgan fingerprint density at radius 3 is 2.34 bits per heavy atom. The standard InChI is InChI=1S/C28H33FN4O4S/c1-17(34)14-33(15-18(2)35)16-22-6-5-7-23(12-22)26(36)31-28-25(19(3)20(4)38-28)27(37)32-30-13-21-8-10-24(29)11-9-21/h5-13,17-18,34-35H,14-16H2,1-4H3,(H,31,36)(H,32,37)/b30-13+. The minimum atomic E-state index is -0.560. The van der Waals surface area contributed by atoms with Gasteiger partial charge in [0.05, 0.1) is 24.0 Å². The lowest BCUT2D eigenvalue weighted by Gasteiger charge is -2.25. The van der Waals surface area contributed by atoms with Crippen LogP contribution in [0.2, 0.25) is 0 Å². The van der Waals surface area contributed by atoms with E-state index in [9.17, 15) is 24.2 Å². The maximum absolute atomic E-state index is 13.1. The fraction of sp³-hybridized carbons (Fsp3) is 0.321. The molecule has 0 aliphatic heterocycles. The lowest BCUT2D eigenvalue weighted by atomic mass is 10.1. The van der Waals surface area contributed by atoms with Crippen LogP contribution in [0.5, 0.6) is 0 Å². The Hall–Kier alpha value is -3.44. The molecule has 0 radical (unpaired) electrons. The summed E-state index contributed by atoms with van der Waals surface area (Å²) in [5.74, 6) is -1.20. The predicted octanol–water partition coefficient (Wildman–Crippen LogP) is 4.08. The molecule has 1 aromatic heterocycles. The Kier molecular flexibility index (Phi) is 10.3. The van der Waals surface area contributed by atoms with E-state index in [1.165, 1.54) is 29.7 Å².